The number of hydrogen-bond acceptors (Lipinski definition) is 4. The number of hydrogen-bond donors (Lipinski definition) is 2. The number of carbonyl (C=O) groups excluding carboxylic acids is 1. The molecule has 2 rings (SSSR count). The fourth-order valence-corrected chi connectivity index (χ4v) is 2.68. The lowest BCUT2D eigenvalue weighted by molar-refractivity contribution is -0.122. The molecule has 0 radical (unpaired) electrons. The molecular weight excluding hydrogens is 314 g/mol. The molecule has 0 spiro atoms. The second-order valence-corrected chi connectivity index (χ2v) is 6.39. The third-order valence-electron chi connectivity index (χ3n) is 4.29. The molecule has 5 nitrogen and oxygen atoms in total. The highest BCUT2D eigenvalue weighted by atomic mass is 16.5. The van der Waals surface area contributed by atoms with Crippen molar-refractivity contribution in [3.63, 3.8) is 0 Å². The van der Waals surface area contributed by atoms with Crippen LogP contribution in [0.4, 0.5) is 0 Å². The van der Waals surface area contributed by atoms with Gasteiger partial charge in [-0.3, -0.25) is 4.79 Å². The van der Waals surface area contributed by atoms with Crippen LogP contribution in [-0.2, 0) is 4.79 Å². The second-order valence-electron chi connectivity index (χ2n) is 6.39. The van der Waals surface area contributed by atoms with Crippen LogP contribution in [0.1, 0.15) is 28.8 Å². The Hall–Kier alpha value is -2.37. The molecule has 2 atom stereocenters. The molecule has 1 amide bonds. The summed E-state index contributed by atoms with van der Waals surface area (Å²) in [6.07, 6.45) is 0. The topological polar surface area (TPSA) is 67.6 Å². The molecule has 5 heteroatoms. The number of likely N-dealkylation sites (N-methyl/N-ethyl adjacent to an activating group) is 1. The van der Waals surface area contributed by atoms with E-state index in [0.717, 1.165) is 22.4 Å². The van der Waals surface area contributed by atoms with Crippen molar-refractivity contribution in [3.05, 3.63) is 65.2 Å². The largest absolute Gasteiger partial charge is 0.497 e. The third-order valence-corrected chi connectivity index (χ3v) is 4.29. The molecule has 0 aromatic heterocycles. The number of amides is 1. The van der Waals surface area contributed by atoms with Crippen LogP contribution in [0.15, 0.2) is 48.5 Å². The van der Waals surface area contributed by atoms with Crippen LogP contribution < -0.4 is 15.8 Å². The lowest BCUT2D eigenvalue weighted by Gasteiger charge is -2.26. The number of ether oxygens (including phenoxy) is 1. The maximum atomic E-state index is 12.4. The third kappa shape index (κ3) is 5.05. The lowest BCUT2D eigenvalue weighted by atomic mass is 10.0. The van der Waals surface area contributed by atoms with Crippen LogP contribution in [0.25, 0.3) is 0 Å². The van der Waals surface area contributed by atoms with Gasteiger partial charge in [0.2, 0.25) is 5.91 Å². The number of nitrogens with two attached hydrogens (primary N) is 1. The average Bonchev–Trinajstić information content (AvgIpc) is 2.61. The van der Waals surface area contributed by atoms with E-state index in [4.69, 9.17) is 10.5 Å². The van der Waals surface area contributed by atoms with E-state index >= 15 is 0 Å². The first-order valence-corrected chi connectivity index (χ1v) is 8.32. The Kier molecular flexibility index (Phi) is 6.56. The Labute approximate surface area is 149 Å². The molecule has 0 aliphatic heterocycles. The van der Waals surface area contributed by atoms with Gasteiger partial charge in [0.25, 0.3) is 0 Å². The highest BCUT2D eigenvalue weighted by Crippen LogP contribution is 2.22. The highest BCUT2D eigenvalue weighted by Gasteiger charge is 2.19. The van der Waals surface area contributed by atoms with E-state index in [1.165, 1.54) is 0 Å². The number of carbonyl (C=O) groups is 1. The summed E-state index contributed by atoms with van der Waals surface area (Å²) < 4.78 is 5.29. The maximum absolute atomic E-state index is 12.4. The zero-order valence-electron chi connectivity index (χ0n) is 15.3. The summed E-state index contributed by atoms with van der Waals surface area (Å²) in [6.45, 7) is 2.48. The molecule has 25 heavy (non-hydrogen) atoms. The Morgan fingerprint density at radius 2 is 1.84 bits per heavy atom. The number of benzene rings is 2. The predicted octanol–water partition coefficient (Wildman–Crippen LogP) is 2.42. The zero-order valence-corrected chi connectivity index (χ0v) is 15.3. The molecule has 0 saturated carbocycles. The smallest absolute Gasteiger partial charge is 0.241 e. The van der Waals surface area contributed by atoms with Gasteiger partial charge in [-0.25, -0.2) is 0 Å². The molecule has 2 aromatic carbocycles. The normalized spacial score (nSPS) is 13.4. The highest BCUT2D eigenvalue weighted by molar-refractivity contribution is 5.83. The molecule has 0 aliphatic carbocycles. The van der Waals surface area contributed by atoms with E-state index in [0.29, 0.717) is 6.54 Å². The van der Waals surface area contributed by atoms with Crippen molar-refractivity contribution < 1.29 is 9.53 Å². The molecular formula is C20H27N3O2. The van der Waals surface area contributed by atoms with Crippen molar-refractivity contribution in [2.24, 2.45) is 5.73 Å². The van der Waals surface area contributed by atoms with Crippen LogP contribution >= 0.6 is 0 Å². The number of methoxy groups -OCH3 is 1. The first kappa shape index (κ1) is 19.0. The summed E-state index contributed by atoms with van der Waals surface area (Å²) >= 11 is 0. The Balaban J connectivity index is 2.05. The molecule has 3 N–H and O–H groups in total. The van der Waals surface area contributed by atoms with E-state index in [9.17, 15) is 4.79 Å². The number of rotatable bonds is 7. The minimum atomic E-state index is -0.672. The van der Waals surface area contributed by atoms with Crippen molar-refractivity contribution >= 4 is 5.91 Å². The van der Waals surface area contributed by atoms with Gasteiger partial charge in [-0.1, -0.05) is 42.0 Å². The molecule has 2 aromatic rings. The first-order valence-electron chi connectivity index (χ1n) is 8.32. The van der Waals surface area contributed by atoms with Gasteiger partial charge < -0.3 is 20.7 Å². The van der Waals surface area contributed by atoms with Crippen molar-refractivity contribution in [2.75, 3.05) is 27.7 Å². The van der Waals surface area contributed by atoms with Crippen LogP contribution in [-0.4, -0.2) is 38.6 Å². The Morgan fingerprint density at radius 1 is 1.16 bits per heavy atom. The molecule has 2 unspecified atom stereocenters. The molecule has 0 aliphatic rings. The quantitative estimate of drug-likeness (QED) is 0.812. The lowest BCUT2D eigenvalue weighted by Crippen LogP contribution is -2.39. The molecule has 0 fully saturated rings. The summed E-state index contributed by atoms with van der Waals surface area (Å²) in [5, 5.41) is 2.97. The second kappa shape index (κ2) is 8.65. The van der Waals surface area contributed by atoms with E-state index in [1.54, 1.807) is 7.11 Å². The van der Waals surface area contributed by atoms with Crippen LogP contribution in [0.3, 0.4) is 0 Å². The zero-order chi connectivity index (χ0) is 18.4. The van der Waals surface area contributed by atoms with Gasteiger partial charge in [-0.2, -0.15) is 0 Å². The summed E-state index contributed by atoms with van der Waals surface area (Å²) in [5.41, 5.74) is 9.12. The van der Waals surface area contributed by atoms with E-state index < -0.39 is 6.04 Å². The average molecular weight is 341 g/mol. The predicted molar refractivity (Wildman–Crippen MR) is 101 cm³/mol. The van der Waals surface area contributed by atoms with E-state index in [2.05, 4.69) is 10.2 Å². The monoisotopic (exact) mass is 341 g/mol. The number of aryl methyl sites for hydroxylation is 1. The summed E-state index contributed by atoms with van der Waals surface area (Å²) in [6, 6.07) is 14.9. The van der Waals surface area contributed by atoms with Gasteiger partial charge in [-0.15, -0.1) is 0 Å². The number of nitrogens with one attached hydrogen (secondary N) is 1. The van der Waals surface area contributed by atoms with Gasteiger partial charge in [-0.05, 0) is 44.3 Å². The van der Waals surface area contributed by atoms with Gasteiger partial charge in [0, 0.05) is 6.54 Å². The van der Waals surface area contributed by atoms with Crippen LogP contribution in [0.2, 0.25) is 0 Å². The van der Waals surface area contributed by atoms with Gasteiger partial charge in [0.15, 0.2) is 0 Å². The SMILES string of the molecule is COc1cccc(C(CNC(=O)C(N)c2ccc(C)cc2)N(C)C)c1. The van der Waals surface area contributed by atoms with Gasteiger partial charge in [0.1, 0.15) is 11.8 Å². The van der Waals surface area contributed by atoms with Gasteiger partial charge in [0.05, 0.1) is 13.2 Å². The van der Waals surface area contributed by atoms with Crippen LogP contribution in [0.5, 0.6) is 5.75 Å². The fraction of sp³-hybridized carbons (Fsp3) is 0.350. The first-order chi connectivity index (χ1) is 11.9. The minimum absolute atomic E-state index is 0.0317. The minimum Gasteiger partial charge on any atom is -0.497 e. The molecule has 134 valence electrons. The van der Waals surface area contributed by atoms with E-state index in [-0.39, 0.29) is 11.9 Å². The van der Waals surface area contributed by atoms with E-state index in [1.807, 2.05) is 69.6 Å². The Morgan fingerprint density at radius 3 is 2.44 bits per heavy atom. The van der Waals surface area contributed by atoms with Crippen molar-refractivity contribution in [1.82, 2.24) is 10.2 Å². The molecule has 0 saturated heterocycles. The maximum Gasteiger partial charge on any atom is 0.241 e. The van der Waals surface area contributed by atoms with Crippen LogP contribution in [0, 0.1) is 6.92 Å². The standard InChI is InChI=1S/C20H27N3O2/c1-14-8-10-15(11-9-14)19(21)20(24)22-13-18(23(2)3)16-6-5-7-17(12-16)25-4/h5-12,18-19H,13,21H2,1-4H3,(H,22,24). The molecule has 0 heterocycles. The summed E-state index contributed by atoms with van der Waals surface area (Å²) in [5.74, 6) is 0.616. The summed E-state index contributed by atoms with van der Waals surface area (Å²) in [7, 11) is 5.61. The van der Waals surface area contributed by atoms with Crippen molar-refractivity contribution in [3.8, 4) is 5.75 Å². The van der Waals surface area contributed by atoms with Crippen molar-refractivity contribution in [2.45, 2.75) is 19.0 Å². The fourth-order valence-electron chi connectivity index (χ4n) is 2.68. The van der Waals surface area contributed by atoms with Crippen molar-refractivity contribution in [1.29, 1.82) is 0 Å². The van der Waals surface area contributed by atoms with Gasteiger partial charge >= 0.3 is 0 Å². The number of nitrogens with zero attached hydrogens (tertiary/aromatic N) is 1. The molecule has 0 bridgehead atoms. The summed E-state index contributed by atoms with van der Waals surface area (Å²) in [4.78, 5) is 14.5. The Bertz CT molecular complexity index is 698.